The average molecular weight is 535 g/mol. The number of nitrogens with zero attached hydrogens (tertiary/aromatic N) is 1. The van der Waals surface area contributed by atoms with E-state index in [1.807, 2.05) is 36.4 Å². The predicted octanol–water partition coefficient (Wildman–Crippen LogP) is 5.18. The van der Waals surface area contributed by atoms with Crippen molar-refractivity contribution in [2.75, 3.05) is 10.9 Å². The second kappa shape index (κ2) is 12.3. The van der Waals surface area contributed by atoms with Crippen LogP contribution in [-0.2, 0) is 26.1 Å². The second-order valence-electron chi connectivity index (χ2n) is 9.88. The van der Waals surface area contributed by atoms with E-state index in [1.54, 1.807) is 24.3 Å². The van der Waals surface area contributed by atoms with Gasteiger partial charge in [0.15, 0.2) is 6.61 Å². The third-order valence-corrected chi connectivity index (χ3v) is 9.03. The number of hydrogen-bond acceptors (Lipinski definition) is 5. The van der Waals surface area contributed by atoms with Crippen LogP contribution < -0.4 is 9.62 Å². The minimum Gasteiger partial charge on any atom is -0.452 e. The lowest BCUT2D eigenvalue weighted by Crippen LogP contribution is -2.45. The molecule has 3 aromatic carbocycles. The number of ether oxygens (including phenoxy) is 1. The van der Waals surface area contributed by atoms with E-state index in [0.29, 0.717) is 17.5 Å². The normalized spacial score (nSPS) is 19.4. The predicted molar refractivity (Wildman–Crippen MR) is 147 cm³/mol. The molecule has 38 heavy (non-hydrogen) atoms. The summed E-state index contributed by atoms with van der Waals surface area (Å²) in [6, 6.07) is 23.9. The van der Waals surface area contributed by atoms with Gasteiger partial charge in [-0.1, -0.05) is 81.3 Å². The van der Waals surface area contributed by atoms with Gasteiger partial charge >= 0.3 is 5.97 Å². The van der Waals surface area contributed by atoms with Gasteiger partial charge < -0.3 is 10.1 Å². The van der Waals surface area contributed by atoms with E-state index < -0.39 is 22.6 Å². The Morgan fingerprint density at radius 3 is 2.32 bits per heavy atom. The van der Waals surface area contributed by atoms with Gasteiger partial charge in [-0.3, -0.25) is 9.10 Å². The Morgan fingerprint density at radius 2 is 1.61 bits per heavy atom. The number of anilines is 1. The molecule has 4 rings (SSSR count). The first-order valence-electron chi connectivity index (χ1n) is 12.9. The van der Waals surface area contributed by atoms with Crippen molar-refractivity contribution in [2.45, 2.75) is 50.6 Å². The number of esters is 1. The molecule has 0 aliphatic heterocycles. The zero-order valence-corrected chi connectivity index (χ0v) is 22.6. The van der Waals surface area contributed by atoms with E-state index in [1.165, 1.54) is 28.6 Å². The van der Waals surface area contributed by atoms with Crippen LogP contribution >= 0.6 is 0 Å². The van der Waals surface area contributed by atoms with Crippen LogP contribution in [0.25, 0.3) is 0 Å². The molecule has 1 fully saturated rings. The first kappa shape index (κ1) is 27.4. The molecule has 0 aromatic heterocycles. The molecule has 0 heterocycles. The molecule has 0 saturated heterocycles. The van der Waals surface area contributed by atoms with E-state index in [2.05, 4.69) is 19.2 Å². The molecule has 1 saturated carbocycles. The van der Waals surface area contributed by atoms with Crippen LogP contribution in [0.3, 0.4) is 0 Å². The monoisotopic (exact) mass is 534 g/mol. The Morgan fingerprint density at radius 1 is 0.921 bits per heavy atom. The third kappa shape index (κ3) is 6.61. The van der Waals surface area contributed by atoms with Gasteiger partial charge in [-0.05, 0) is 54.2 Å². The molecule has 1 aliphatic rings. The Balaban J connectivity index is 1.48. The molecule has 0 spiro atoms. The lowest BCUT2D eigenvalue weighted by atomic mass is 9.78. The maximum absolute atomic E-state index is 13.8. The molecule has 0 unspecified atom stereocenters. The van der Waals surface area contributed by atoms with Crippen molar-refractivity contribution in [3.8, 4) is 0 Å². The number of carbonyl (C=O) groups excluding carboxylic acids is 2. The standard InChI is InChI=1S/C30H34N2O5S/c1-22-11-9-18-28(23(22)2)31-29(33)21-37-30(34)25-14-10-17-27(19-25)38(35,36)32(26-15-7-4-8-16-26)20-24-12-5-3-6-13-24/h3-8,10,12-17,19,22-23,28H,9,11,18,20-21H2,1-2H3,(H,31,33)/t22-,23+,28+/m1/s1. The van der Waals surface area contributed by atoms with Crippen LogP contribution in [0.4, 0.5) is 5.69 Å². The van der Waals surface area contributed by atoms with Crippen molar-refractivity contribution >= 4 is 27.6 Å². The summed E-state index contributed by atoms with van der Waals surface area (Å²) in [4.78, 5) is 25.2. The van der Waals surface area contributed by atoms with E-state index in [4.69, 9.17) is 4.74 Å². The fourth-order valence-electron chi connectivity index (χ4n) is 4.82. The number of rotatable bonds is 9. The highest BCUT2D eigenvalue weighted by Crippen LogP contribution is 2.29. The van der Waals surface area contributed by atoms with Gasteiger partial charge in [0.1, 0.15) is 0 Å². The third-order valence-electron chi connectivity index (χ3n) is 7.26. The fraction of sp³-hybridized carbons (Fsp3) is 0.333. The van der Waals surface area contributed by atoms with Crippen molar-refractivity contribution in [2.24, 2.45) is 11.8 Å². The smallest absolute Gasteiger partial charge is 0.338 e. The summed E-state index contributed by atoms with van der Waals surface area (Å²) < 4.78 is 34.1. The van der Waals surface area contributed by atoms with Gasteiger partial charge in [-0.2, -0.15) is 0 Å². The van der Waals surface area contributed by atoms with Crippen molar-refractivity contribution in [3.63, 3.8) is 0 Å². The Labute approximate surface area is 224 Å². The topological polar surface area (TPSA) is 92.8 Å². The number of para-hydroxylation sites is 1. The molecule has 7 nitrogen and oxygen atoms in total. The Bertz CT molecular complexity index is 1350. The van der Waals surface area contributed by atoms with Crippen molar-refractivity contribution in [3.05, 3.63) is 96.1 Å². The van der Waals surface area contributed by atoms with Gasteiger partial charge in [0.2, 0.25) is 0 Å². The van der Waals surface area contributed by atoms with E-state index in [-0.39, 0.29) is 29.0 Å². The summed E-state index contributed by atoms with van der Waals surface area (Å²) in [6.07, 6.45) is 3.11. The highest BCUT2D eigenvalue weighted by Gasteiger charge is 2.29. The number of nitrogens with one attached hydrogen (secondary N) is 1. The summed E-state index contributed by atoms with van der Waals surface area (Å²) in [5.74, 6) is -0.227. The van der Waals surface area contributed by atoms with Crippen molar-refractivity contribution in [1.82, 2.24) is 5.32 Å². The second-order valence-corrected chi connectivity index (χ2v) is 11.7. The number of carbonyl (C=O) groups is 2. The zero-order valence-electron chi connectivity index (χ0n) is 21.7. The molecule has 0 bridgehead atoms. The number of sulfonamides is 1. The zero-order chi connectivity index (χ0) is 27.1. The van der Waals surface area contributed by atoms with Crippen LogP contribution in [-0.4, -0.2) is 32.9 Å². The van der Waals surface area contributed by atoms with Crippen LogP contribution in [0.5, 0.6) is 0 Å². The molecule has 3 aromatic rings. The fourth-order valence-corrected chi connectivity index (χ4v) is 6.32. The van der Waals surface area contributed by atoms with Gasteiger partial charge in [-0.15, -0.1) is 0 Å². The summed E-state index contributed by atoms with van der Waals surface area (Å²) in [7, 11) is -4.02. The van der Waals surface area contributed by atoms with E-state index in [0.717, 1.165) is 24.8 Å². The van der Waals surface area contributed by atoms with Gasteiger partial charge in [0, 0.05) is 6.04 Å². The molecule has 0 radical (unpaired) electrons. The highest BCUT2D eigenvalue weighted by atomic mass is 32.2. The Kier molecular flexibility index (Phi) is 8.84. The Hall–Kier alpha value is -3.65. The molecule has 3 atom stereocenters. The van der Waals surface area contributed by atoms with Gasteiger partial charge in [0.25, 0.3) is 15.9 Å². The molecule has 200 valence electrons. The number of hydrogen-bond donors (Lipinski definition) is 1. The van der Waals surface area contributed by atoms with Crippen LogP contribution in [0.2, 0.25) is 0 Å². The van der Waals surface area contributed by atoms with Crippen LogP contribution in [0.1, 0.15) is 49.0 Å². The summed E-state index contributed by atoms with van der Waals surface area (Å²) in [5.41, 5.74) is 1.39. The van der Waals surface area contributed by atoms with Crippen molar-refractivity contribution in [1.29, 1.82) is 0 Å². The lowest BCUT2D eigenvalue weighted by Gasteiger charge is -2.34. The maximum Gasteiger partial charge on any atom is 0.338 e. The van der Waals surface area contributed by atoms with E-state index >= 15 is 0 Å². The first-order chi connectivity index (χ1) is 18.3. The maximum atomic E-state index is 13.8. The van der Waals surface area contributed by atoms with Crippen molar-refractivity contribution < 1.29 is 22.7 Å². The van der Waals surface area contributed by atoms with Crippen LogP contribution in [0.15, 0.2) is 89.8 Å². The largest absolute Gasteiger partial charge is 0.452 e. The average Bonchev–Trinajstić information content (AvgIpc) is 2.94. The number of benzene rings is 3. The minimum absolute atomic E-state index is 0.0406. The quantitative estimate of drug-likeness (QED) is 0.382. The first-order valence-corrected chi connectivity index (χ1v) is 14.4. The van der Waals surface area contributed by atoms with Crippen LogP contribution in [0, 0.1) is 11.8 Å². The van der Waals surface area contributed by atoms with E-state index in [9.17, 15) is 18.0 Å². The molecule has 8 heteroatoms. The summed E-state index contributed by atoms with van der Waals surface area (Å²) in [6.45, 7) is 4.02. The van der Waals surface area contributed by atoms with Gasteiger partial charge in [0.05, 0.1) is 22.7 Å². The molecule has 1 aliphatic carbocycles. The summed E-state index contributed by atoms with van der Waals surface area (Å²) >= 11 is 0. The minimum atomic E-state index is -4.02. The van der Waals surface area contributed by atoms with Gasteiger partial charge in [-0.25, -0.2) is 13.2 Å². The SMILES string of the molecule is C[C@H]1[C@H](C)CCC[C@@H]1NC(=O)COC(=O)c1cccc(S(=O)(=O)N(Cc2ccccc2)c2ccccc2)c1. The molecular formula is C30H34N2O5S. The molecular weight excluding hydrogens is 500 g/mol. The molecule has 1 N–H and O–H groups in total. The lowest BCUT2D eigenvalue weighted by molar-refractivity contribution is -0.125. The summed E-state index contributed by atoms with van der Waals surface area (Å²) in [5, 5.41) is 2.98. The number of amides is 1. The highest BCUT2D eigenvalue weighted by molar-refractivity contribution is 7.92. The molecule has 1 amide bonds.